The molecule has 12 heteroatoms. The van der Waals surface area contributed by atoms with E-state index in [1.807, 2.05) is 36.6 Å². The van der Waals surface area contributed by atoms with Crippen molar-refractivity contribution in [3.63, 3.8) is 0 Å². The number of ether oxygens (including phenoxy) is 2. The highest BCUT2D eigenvalue weighted by Crippen LogP contribution is 2.41. The second-order valence-electron chi connectivity index (χ2n) is 9.50. The molecule has 2 aromatic heterocycles. The third-order valence-corrected chi connectivity index (χ3v) is 9.31. The lowest BCUT2D eigenvalue weighted by atomic mass is 10.1. The summed E-state index contributed by atoms with van der Waals surface area (Å²) in [5.41, 5.74) is 4.58. The molecular weight excluding hydrogens is 599 g/mol. The monoisotopic (exact) mass is 628 g/mol. The second kappa shape index (κ2) is 11.6. The van der Waals surface area contributed by atoms with Crippen molar-refractivity contribution in [2.24, 2.45) is 0 Å². The molecule has 2 N–H and O–H groups in total. The van der Waals surface area contributed by atoms with E-state index in [0.29, 0.717) is 29.5 Å². The lowest BCUT2D eigenvalue weighted by molar-refractivity contribution is 0.122. The molecule has 0 amide bonds. The van der Waals surface area contributed by atoms with E-state index in [4.69, 9.17) is 14.5 Å². The van der Waals surface area contributed by atoms with Gasteiger partial charge < -0.3 is 29.6 Å². The Morgan fingerprint density at radius 2 is 1.90 bits per heavy atom. The summed E-state index contributed by atoms with van der Waals surface area (Å²) in [7, 11) is -0.947. The van der Waals surface area contributed by atoms with Gasteiger partial charge in [-0.3, -0.25) is 0 Å². The molecule has 1 saturated heterocycles. The number of nitrogens with one attached hydrogen (secondary N) is 2. The van der Waals surface area contributed by atoms with Gasteiger partial charge in [-0.25, -0.2) is 9.97 Å². The van der Waals surface area contributed by atoms with Gasteiger partial charge >= 0.3 is 0 Å². The molecule has 39 heavy (non-hydrogen) atoms. The van der Waals surface area contributed by atoms with Gasteiger partial charge in [-0.1, -0.05) is 0 Å². The topological polar surface area (TPSA) is 102 Å². The van der Waals surface area contributed by atoms with E-state index >= 15 is 0 Å². The number of anilines is 5. The van der Waals surface area contributed by atoms with Crippen LogP contribution in [0.1, 0.15) is 5.56 Å². The molecule has 0 aliphatic carbocycles. The molecule has 0 spiro atoms. The number of thiazole rings is 1. The number of morpholine rings is 1. The Kier molecular flexibility index (Phi) is 8.23. The number of nitrogens with zero attached hydrogens (tertiary/aromatic N) is 4. The molecule has 1 aliphatic rings. The van der Waals surface area contributed by atoms with E-state index in [1.165, 1.54) is 0 Å². The van der Waals surface area contributed by atoms with Crippen LogP contribution in [0.2, 0.25) is 0 Å². The van der Waals surface area contributed by atoms with Crippen LogP contribution in [0.5, 0.6) is 5.75 Å². The Bertz CT molecular complexity index is 1520. The number of hydrogen-bond acceptors (Lipinski definition) is 10. The summed E-state index contributed by atoms with van der Waals surface area (Å²) in [5.74, 6) is 1.74. The molecule has 1 aliphatic heterocycles. The average Bonchev–Trinajstić information content (AvgIpc) is 3.47. The fourth-order valence-electron chi connectivity index (χ4n) is 4.37. The molecule has 1 fully saturated rings. The summed E-state index contributed by atoms with van der Waals surface area (Å²) in [6.07, 6.45) is 3.46. The first kappa shape index (κ1) is 27.6. The average molecular weight is 630 g/mol. The van der Waals surface area contributed by atoms with Gasteiger partial charge in [-0.05, 0) is 66.0 Å². The molecule has 0 radical (unpaired) electrons. The van der Waals surface area contributed by atoms with Crippen molar-refractivity contribution in [2.75, 3.05) is 62.3 Å². The standard InChI is InChI=1S/C27H30BrN6O3PS/c1-17-13-22(34-8-10-37-11-9-34)23(36-2)15-21(17)32-27-30-16-19(28)25(33-27)31-20-6-5-18(26-29-7-12-39-26)14-24(20)38(3,4)35/h5-7,12-16H,8-11H2,1-4H3,(H2,30,31,32,33). The zero-order chi connectivity index (χ0) is 27.6. The molecule has 2 aromatic carbocycles. The summed E-state index contributed by atoms with van der Waals surface area (Å²) in [5, 5.41) is 10.2. The van der Waals surface area contributed by atoms with Crippen LogP contribution in [0, 0.1) is 6.92 Å². The number of hydrogen-bond donors (Lipinski definition) is 2. The molecule has 9 nitrogen and oxygen atoms in total. The van der Waals surface area contributed by atoms with Crippen molar-refractivity contribution >= 4 is 68.5 Å². The van der Waals surface area contributed by atoms with Crippen LogP contribution < -0.4 is 25.6 Å². The minimum absolute atomic E-state index is 0.419. The van der Waals surface area contributed by atoms with Gasteiger partial charge in [0, 0.05) is 53.5 Å². The highest BCUT2D eigenvalue weighted by atomic mass is 79.9. The second-order valence-corrected chi connectivity index (χ2v) is 14.4. The van der Waals surface area contributed by atoms with Gasteiger partial charge in [0.2, 0.25) is 5.95 Å². The SMILES string of the molecule is COc1cc(Nc2ncc(Br)c(Nc3ccc(-c4nccs4)cc3P(C)(C)=O)n2)c(C)cc1N1CCOCC1. The van der Waals surface area contributed by atoms with Gasteiger partial charge in [0.15, 0.2) is 0 Å². The Morgan fingerprint density at radius 1 is 1.10 bits per heavy atom. The minimum atomic E-state index is -2.62. The van der Waals surface area contributed by atoms with E-state index in [1.54, 1.807) is 44.2 Å². The van der Waals surface area contributed by atoms with Crippen molar-refractivity contribution in [1.82, 2.24) is 15.0 Å². The van der Waals surface area contributed by atoms with Crippen molar-refractivity contribution < 1.29 is 14.0 Å². The van der Waals surface area contributed by atoms with Gasteiger partial charge in [0.1, 0.15) is 23.7 Å². The van der Waals surface area contributed by atoms with Crippen molar-refractivity contribution in [1.29, 1.82) is 0 Å². The van der Waals surface area contributed by atoms with Gasteiger partial charge in [-0.15, -0.1) is 11.3 Å². The van der Waals surface area contributed by atoms with E-state index in [9.17, 15) is 4.57 Å². The lowest BCUT2D eigenvalue weighted by Gasteiger charge is -2.30. The number of benzene rings is 2. The maximum atomic E-state index is 13.2. The van der Waals surface area contributed by atoms with E-state index in [-0.39, 0.29) is 0 Å². The van der Waals surface area contributed by atoms with E-state index in [0.717, 1.165) is 57.3 Å². The van der Waals surface area contributed by atoms with Crippen molar-refractivity contribution in [3.05, 3.63) is 58.1 Å². The fraction of sp³-hybridized carbons (Fsp3) is 0.296. The molecule has 3 heterocycles. The summed E-state index contributed by atoms with van der Waals surface area (Å²) < 4.78 is 25.2. The third-order valence-electron chi connectivity index (χ3n) is 6.38. The normalized spacial score (nSPS) is 13.8. The number of aryl methyl sites for hydroxylation is 1. The molecular formula is C27H30BrN6O3PS. The summed E-state index contributed by atoms with van der Waals surface area (Å²) in [6, 6.07) is 9.92. The Labute approximate surface area is 240 Å². The van der Waals surface area contributed by atoms with Crippen LogP contribution in [0.4, 0.5) is 28.8 Å². The molecule has 204 valence electrons. The number of aromatic nitrogens is 3. The summed E-state index contributed by atoms with van der Waals surface area (Å²) in [6.45, 7) is 8.61. The number of halogens is 1. The summed E-state index contributed by atoms with van der Waals surface area (Å²) >= 11 is 5.11. The number of methoxy groups -OCH3 is 1. The van der Waals surface area contributed by atoms with Crippen molar-refractivity contribution in [3.8, 4) is 16.3 Å². The third kappa shape index (κ3) is 6.27. The lowest BCUT2D eigenvalue weighted by Crippen LogP contribution is -2.36. The van der Waals surface area contributed by atoms with Crippen molar-refractivity contribution in [2.45, 2.75) is 6.92 Å². The molecule has 0 atom stereocenters. The van der Waals surface area contributed by atoms with Crippen LogP contribution >= 0.6 is 34.4 Å². The minimum Gasteiger partial charge on any atom is -0.495 e. The van der Waals surface area contributed by atoms with Crippen LogP contribution in [0.3, 0.4) is 0 Å². The van der Waals surface area contributed by atoms with Crippen LogP contribution in [0.25, 0.3) is 10.6 Å². The van der Waals surface area contributed by atoms with Gasteiger partial charge in [-0.2, -0.15) is 4.98 Å². The molecule has 4 aromatic rings. The molecule has 0 unspecified atom stereocenters. The van der Waals surface area contributed by atoms with Crippen LogP contribution in [-0.2, 0) is 9.30 Å². The first-order chi connectivity index (χ1) is 18.7. The van der Waals surface area contributed by atoms with Crippen LogP contribution in [0.15, 0.2) is 52.6 Å². The predicted molar refractivity (Wildman–Crippen MR) is 164 cm³/mol. The quantitative estimate of drug-likeness (QED) is 0.219. The van der Waals surface area contributed by atoms with Gasteiger partial charge in [0.05, 0.1) is 36.2 Å². The Hall–Kier alpha value is -2.98. The van der Waals surface area contributed by atoms with E-state index < -0.39 is 7.14 Å². The smallest absolute Gasteiger partial charge is 0.229 e. The number of rotatable bonds is 8. The Balaban J connectivity index is 1.43. The first-order valence-corrected chi connectivity index (χ1v) is 16.7. The Morgan fingerprint density at radius 3 is 2.59 bits per heavy atom. The maximum absolute atomic E-state index is 13.2. The zero-order valence-electron chi connectivity index (χ0n) is 22.2. The first-order valence-electron chi connectivity index (χ1n) is 12.4. The zero-order valence-corrected chi connectivity index (χ0v) is 25.5. The molecule has 0 saturated carbocycles. The van der Waals surface area contributed by atoms with E-state index in [2.05, 4.69) is 47.5 Å². The van der Waals surface area contributed by atoms with Crippen LogP contribution in [-0.4, -0.2) is 61.7 Å². The highest BCUT2D eigenvalue weighted by molar-refractivity contribution is 9.10. The van der Waals surface area contributed by atoms with Gasteiger partial charge in [0.25, 0.3) is 0 Å². The largest absolute Gasteiger partial charge is 0.495 e. The fourth-order valence-corrected chi connectivity index (χ4v) is 6.45. The predicted octanol–water partition coefficient (Wildman–Crippen LogP) is 6.25. The summed E-state index contributed by atoms with van der Waals surface area (Å²) in [4.78, 5) is 15.9. The molecule has 0 bridgehead atoms. The molecule has 5 rings (SSSR count). The maximum Gasteiger partial charge on any atom is 0.229 e. The highest BCUT2D eigenvalue weighted by Gasteiger charge is 2.21.